The summed E-state index contributed by atoms with van der Waals surface area (Å²) in [6, 6.07) is 0. The summed E-state index contributed by atoms with van der Waals surface area (Å²) >= 11 is 5.79. The van der Waals surface area contributed by atoms with Gasteiger partial charge in [0, 0.05) is 6.54 Å². The molecule has 0 spiro atoms. The smallest absolute Gasteiger partial charge is 0.382 e. The lowest BCUT2D eigenvalue weighted by molar-refractivity contribution is -0.222. The van der Waals surface area contributed by atoms with Gasteiger partial charge in [0.2, 0.25) is 0 Å². The molecule has 0 aromatic carbocycles. The Morgan fingerprint density at radius 3 is 2.55 bits per heavy atom. The van der Waals surface area contributed by atoms with Crippen molar-refractivity contribution in [3.8, 4) is 0 Å². The second kappa shape index (κ2) is 5.61. The van der Waals surface area contributed by atoms with Crippen LogP contribution < -0.4 is 5.32 Å². The molecule has 0 aliphatic heterocycles. The van der Waals surface area contributed by atoms with Gasteiger partial charge in [-0.3, -0.25) is 9.48 Å². The molecule has 0 aliphatic carbocycles. The molecule has 1 rings (SSSR count). The van der Waals surface area contributed by atoms with E-state index < -0.39 is 23.7 Å². The molecule has 0 fully saturated rings. The van der Waals surface area contributed by atoms with E-state index in [-0.39, 0.29) is 10.7 Å². The molecule has 0 saturated carbocycles. The number of alkyl halides is 3. The first-order chi connectivity index (χ1) is 9.00. The number of nitrogens with one attached hydrogen (secondary N) is 1. The summed E-state index contributed by atoms with van der Waals surface area (Å²) < 4.78 is 38.8. The number of hydrogen-bond acceptors (Lipinski definition) is 3. The van der Waals surface area contributed by atoms with Crippen LogP contribution in [-0.2, 0) is 6.54 Å². The highest BCUT2D eigenvalue weighted by molar-refractivity contribution is 6.33. The van der Waals surface area contributed by atoms with Crippen molar-refractivity contribution in [2.24, 2.45) is 0 Å². The summed E-state index contributed by atoms with van der Waals surface area (Å²) in [5.41, 5.74) is -1.95. The lowest BCUT2D eigenvalue weighted by Crippen LogP contribution is -2.57. The number of halogens is 4. The van der Waals surface area contributed by atoms with Crippen molar-refractivity contribution >= 4 is 17.5 Å². The van der Waals surface area contributed by atoms with Gasteiger partial charge in [0.1, 0.15) is 5.69 Å². The maximum Gasteiger partial charge on any atom is 0.416 e. The lowest BCUT2D eigenvalue weighted by Gasteiger charge is -2.32. The number of hydrogen-bond donors (Lipinski definition) is 2. The second-order valence-corrected chi connectivity index (χ2v) is 5.18. The number of carbonyl (C=O) groups excluding carboxylic acids is 1. The third kappa shape index (κ3) is 3.43. The molecule has 0 bridgehead atoms. The van der Waals surface area contributed by atoms with Gasteiger partial charge < -0.3 is 10.4 Å². The first kappa shape index (κ1) is 16.8. The quantitative estimate of drug-likeness (QED) is 0.893. The van der Waals surface area contributed by atoms with Gasteiger partial charge in [0.05, 0.1) is 16.8 Å². The Hall–Kier alpha value is -1.28. The van der Waals surface area contributed by atoms with Crippen LogP contribution in [0.25, 0.3) is 0 Å². The molecule has 9 heteroatoms. The predicted octanol–water partition coefficient (Wildman–Crippen LogP) is 1.99. The van der Waals surface area contributed by atoms with Crippen LogP contribution in [0.1, 0.15) is 31.3 Å². The molecule has 1 atom stereocenters. The van der Waals surface area contributed by atoms with Gasteiger partial charge in [-0.15, -0.1) is 0 Å². The van der Waals surface area contributed by atoms with Crippen LogP contribution in [0, 0.1) is 0 Å². The third-order valence-electron chi connectivity index (χ3n) is 2.74. The van der Waals surface area contributed by atoms with Gasteiger partial charge in [0.15, 0.2) is 6.10 Å². The molecule has 1 amide bonds. The highest BCUT2D eigenvalue weighted by Gasteiger charge is 2.49. The highest BCUT2D eigenvalue weighted by atomic mass is 35.5. The molecule has 1 aromatic heterocycles. The summed E-state index contributed by atoms with van der Waals surface area (Å²) in [4.78, 5) is 12.0. The summed E-state index contributed by atoms with van der Waals surface area (Å²) in [6.45, 7) is 4.18. The van der Waals surface area contributed by atoms with Gasteiger partial charge in [-0.05, 0) is 20.8 Å². The van der Waals surface area contributed by atoms with Gasteiger partial charge in [-0.1, -0.05) is 11.6 Å². The van der Waals surface area contributed by atoms with E-state index in [1.54, 1.807) is 6.92 Å². The maximum atomic E-state index is 12.5. The number of rotatable bonds is 4. The minimum absolute atomic E-state index is 0.0293. The SMILES string of the molecule is CCn1ncc(Cl)c1C(=O)NC(C)(C)C(O)C(F)(F)F. The maximum absolute atomic E-state index is 12.5. The number of amides is 1. The highest BCUT2D eigenvalue weighted by Crippen LogP contribution is 2.28. The van der Waals surface area contributed by atoms with E-state index in [1.807, 2.05) is 0 Å². The summed E-state index contributed by atoms with van der Waals surface area (Å²) in [5, 5.41) is 15.2. The fraction of sp³-hybridized carbons (Fsp3) is 0.636. The number of nitrogens with zero attached hydrogens (tertiary/aromatic N) is 2. The van der Waals surface area contributed by atoms with E-state index in [2.05, 4.69) is 10.4 Å². The van der Waals surface area contributed by atoms with Gasteiger partial charge in [0.25, 0.3) is 5.91 Å². The van der Waals surface area contributed by atoms with Crippen LogP contribution in [0.5, 0.6) is 0 Å². The van der Waals surface area contributed by atoms with E-state index in [4.69, 9.17) is 11.6 Å². The fourth-order valence-electron chi connectivity index (χ4n) is 1.66. The Bertz CT molecular complexity index is 500. The number of aromatic nitrogens is 2. The van der Waals surface area contributed by atoms with Crippen LogP contribution in [0.4, 0.5) is 13.2 Å². The zero-order valence-corrected chi connectivity index (χ0v) is 11.9. The van der Waals surface area contributed by atoms with Crippen molar-refractivity contribution in [3.05, 3.63) is 16.9 Å². The average Bonchev–Trinajstić information content (AvgIpc) is 2.67. The van der Waals surface area contributed by atoms with Crippen molar-refractivity contribution in [2.75, 3.05) is 0 Å². The molecule has 114 valence electrons. The molecule has 2 N–H and O–H groups in total. The number of aliphatic hydroxyl groups excluding tert-OH is 1. The lowest BCUT2D eigenvalue weighted by atomic mass is 9.96. The first-order valence-corrected chi connectivity index (χ1v) is 6.17. The molecule has 5 nitrogen and oxygen atoms in total. The van der Waals surface area contributed by atoms with Gasteiger partial charge in [-0.2, -0.15) is 18.3 Å². The van der Waals surface area contributed by atoms with Crippen molar-refractivity contribution in [1.29, 1.82) is 0 Å². The van der Waals surface area contributed by atoms with E-state index in [9.17, 15) is 23.1 Å². The Morgan fingerprint density at radius 2 is 2.10 bits per heavy atom. The van der Waals surface area contributed by atoms with E-state index in [0.29, 0.717) is 6.54 Å². The zero-order valence-electron chi connectivity index (χ0n) is 11.1. The van der Waals surface area contributed by atoms with Crippen molar-refractivity contribution in [2.45, 2.75) is 45.1 Å². The standard InChI is InChI=1S/C11H15ClF3N3O2/c1-4-18-7(6(12)5-16-18)8(19)17-10(2,3)9(20)11(13,14)15/h5,9,20H,4H2,1-3H3,(H,17,19). The Balaban J connectivity index is 2.98. The summed E-state index contributed by atoms with van der Waals surface area (Å²) in [6.07, 6.45) is -6.31. The normalized spacial score (nSPS) is 14.2. The van der Waals surface area contributed by atoms with Crippen LogP contribution in [0.3, 0.4) is 0 Å². The summed E-state index contributed by atoms with van der Waals surface area (Å²) in [7, 11) is 0. The summed E-state index contributed by atoms with van der Waals surface area (Å²) in [5.74, 6) is -0.831. The molecule has 1 heterocycles. The average molecular weight is 314 g/mol. The zero-order chi connectivity index (χ0) is 15.7. The van der Waals surface area contributed by atoms with Crippen LogP contribution in [0.15, 0.2) is 6.20 Å². The number of carbonyl (C=O) groups is 1. The Kier molecular flexibility index (Phi) is 4.70. The molecule has 1 unspecified atom stereocenters. The second-order valence-electron chi connectivity index (χ2n) is 4.78. The van der Waals surface area contributed by atoms with Crippen molar-refractivity contribution < 1.29 is 23.1 Å². The predicted molar refractivity (Wildman–Crippen MR) is 66.5 cm³/mol. The molecule has 20 heavy (non-hydrogen) atoms. The number of aryl methyl sites for hydroxylation is 1. The van der Waals surface area contributed by atoms with Gasteiger partial charge in [-0.25, -0.2) is 0 Å². The molecule has 0 saturated heterocycles. The van der Waals surface area contributed by atoms with Crippen molar-refractivity contribution in [1.82, 2.24) is 15.1 Å². The minimum atomic E-state index is -4.84. The third-order valence-corrected chi connectivity index (χ3v) is 3.02. The van der Waals surface area contributed by atoms with Crippen LogP contribution in [0.2, 0.25) is 5.02 Å². The Morgan fingerprint density at radius 1 is 1.55 bits per heavy atom. The van der Waals surface area contributed by atoms with Crippen LogP contribution in [-0.4, -0.2) is 38.6 Å². The Labute approximate surface area is 118 Å². The van der Waals surface area contributed by atoms with E-state index >= 15 is 0 Å². The molecular weight excluding hydrogens is 299 g/mol. The molecule has 0 aliphatic rings. The minimum Gasteiger partial charge on any atom is -0.382 e. The largest absolute Gasteiger partial charge is 0.416 e. The molecule has 1 aromatic rings. The number of aliphatic hydroxyl groups is 1. The van der Waals surface area contributed by atoms with E-state index in [1.165, 1.54) is 10.9 Å². The van der Waals surface area contributed by atoms with Crippen molar-refractivity contribution in [3.63, 3.8) is 0 Å². The van der Waals surface area contributed by atoms with Crippen LogP contribution >= 0.6 is 11.6 Å². The molecule has 0 radical (unpaired) electrons. The first-order valence-electron chi connectivity index (χ1n) is 5.79. The van der Waals surface area contributed by atoms with Gasteiger partial charge >= 0.3 is 6.18 Å². The monoisotopic (exact) mass is 313 g/mol. The molecular formula is C11H15ClF3N3O2. The fourth-order valence-corrected chi connectivity index (χ4v) is 1.88. The topological polar surface area (TPSA) is 67.2 Å². The van der Waals surface area contributed by atoms with E-state index in [0.717, 1.165) is 13.8 Å².